The van der Waals surface area contributed by atoms with Crippen LogP contribution >= 0.6 is 23.2 Å². The first kappa shape index (κ1) is 34.0. The van der Waals surface area contributed by atoms with Crippen LogP contribution in [0.4, 0.5) is 0 Å². The smallest absolute Gasteiger partial charge is 0.325 e. The molecule has 0 radical (unpaired) electrons. The van der Waals surface area contributed by atoms with Gasteiger partial charge in [-0.1, -0.05) is 76.9 Å². The van der Waals surface area contributed by atoms with Crippen LogP contribution in [0.5, 0.6) is 0 Å². The molecule has 1 heterocycles. The molecule has 238 valence electrons. The number of halogens is 2. The van der Waals surface area contributed by atoms with Gasteiger partial charge in [0.05, 0.1) is 13.2 Å². The highest BCUT2D eigenvalue weighted by Crippen LogP contribution is 2.50. The van der Waals surface area contributed by atoms with Crippen molar-refractivity contribution in [3.63, 3.8) is 0 Å². The number of amides is 2. The number of methoxy groups -OCH3 is 1. The number of nitrogens with one attached hydrogen (secondary N) is 1. The predicted octanol–water partition coefficient (Wildman–Crippen LogP) is 8.03. The third kappa shape index (κ3) is 7.84. The molecule has 1 atom stereocenters. The fourth-order valence-corrected chi connectivity index (χ4v) is 6.95. The van der Waals surface area contributed by atoms with Crippen molar-refractivity contribution < 1.29 is 19.1 Å². The van der Waals surface area contributed by atoms with Crippen LogP contribution in [0, 0.1) is 16.7 Å². The summed E-state index contributed by atoms with van der Waals surface area (Å²) >= 11 is 12.8. The molecule has 0 unspecified atom stereocenters. The topological polar surface area (TPSA) is 88.1 Å². The Bertz CT molecular complexity index is 1390. The van der Waals surface area contributed by atoms with Gasteiger partial charge in [0.15, 0.2) is 0 Å². The van der Waals surface area contributed by atoms with Crippen molar-refractivity contribution in [2.24, 2.45) is 21.7 Å². The van der Waals surface area contributed by atoms with Crippen molar-refractivity contribution in [3.05, 3.63) is 69.2 Å². The second-order valence-electron chi connectivity index (χ2n) is 14.4. The molecule has 7 nitrogen and oxygen atoms in total. The Morgan fingerprint density at radius 1 is 1.02 bits per heavy atom. The molecule has 1 saturated carbocycles. The van der Waals surface area contributed by atoms with E-state index in [1.807, 2.05) is 17.0 Å². The molecular formula is C35H45Cl2N3O4. The lowest BCUT2D eigenvalue weighted by Crippen LogP contribution is -2.51. The van der Waals surface area contributed by atoms with E-state index in [9.17, 15) is 14.4 Å². The molecule has 0 bridgehead atoms. The standard InChI is InChI=1S/C35H45Cl2N3O4/c1-33(2,3)15-14-28(22-8-10-23(11-9-22)31(42)38-21-29(41)44-7)40-32(43)30(24-18-26(36)20-27(37)19-24)39-35(40)16-12-25(13-17-35)34(4,5)6/h8-11,18-20,25,28H,12-17,21H2,1-7H3,(H,38,42)/t25?,28-,35?/m1/s1. The normalized spacial score (nSPS) is 21.3. The van der Waals surface area contributed by atoms with Gasteiger partial charge in [-0.05, 0) is 91.2 Å². The van der Waals surface area contributed by atoms with Gasteiger partial charge in [-0.15, -0.1) is 0 Å². The summed E-state index contributed by atoms with van der Waals surface area (Å²) in [5.41, 5.74) is 1.88. The average Bonchev–Trinajstić information content (AvgIpc) is 3.21. The lowest BCUT2D eigenvalue weighted by Gasteiger charge is -2.47. The Labute approximate surface area is 271 Å². The SMILES string of the molecule is COC(=O)CNC(=O)c1ccc([C@@H](CCC(C)(C)C)N2C(=O)C(c3cc(Cl)cc(Cl)c3)=NC23CCC(C(C)(C)C)CC3)cc1. The molecule has 1 fully saturated rings. The Morgan fingerprint density at radius 2 is 1.61 bits per heavy atom. The largest absolute Gasteiger partial charge is 0.468 e. The number of benzene rings is 2. The van der Waals surface area contributed by atoms with Crippen LogP contribution in [0.25, 0.3) is 0 Å². The van der Waals surface area contributed by atoms with Crippen LogP contribution in [0.3, 0.4) is 0 Å². The van der Waals surface area contributed by atoms with Crippen LogP contribution in [0.1, 0.15) is 108 Å². The molecule has 0 aromatic heterocycles. The fourth-order valence-electron chi connectivity index (χ4n) is 6.42. The summed E-state index contributed by atoms with van der Waals surface area (Å²) in [4.78, 5) is 46.1. The maximum absolute atomic E-state index is 14.6. The zero-order valence-corrected chi connectivity index (χ0v) is 28.4. The molecule has 9 heteroatoms. The second-order valence-corrected chi connectivity index (χ2v) is 15.3. The summed E-state index contributed by atoms with van der Waals surface area (Å²) in [5.74, 6) is -0.490. The third-order valence-corrected chi connectivity index (χ3v) is 9.43. The Balaban J connectivity index is 1.75. The Hall–Kier alpha value is -2.90. The van der Waals surface area contributed by atoms with Gasteiger partial charge in [0, 0.05) is 21.2 Å². The third-order valence-electron chi connectivity index (χ3n) is 8.99. The lowest BCUT2D eigenvalue weighted by molar-refractivity contribution is -0.139. The summed E-state index contributed by atoms with van der Waals surface area (Å²) in [7, 11) is 1.28. The highest BCUT2D eigenvalue weighted by molar-refractivity contribution is 6.47. The summed E-state index contributed by atoms with van der Waals surface area (Å²) in [6, 6.07) is 12.2. The van der Waals surface area contributed by atoms with Gasteiger partial charge in [-0.25, -0.2) is 0 Å². The van der Waals surface area contributed by atoms with Crippen LogP contribution in [0.15, 0.2) is 47.5 Å². The van der Waals surface area contributed by atoms with E-state index in [1.54, 1.807) is 30.3 Å². The number of hydrogen-bond donors (Lipinski definition) is 1. The first-order valence-electron chi connectivity index (χ1n) is 15.4. The number of carbonyl (C=O) groups is 3. The first-order chi connectivity index (χ1) is 20.5. The summed E-state index contributed by atoms with van der Waals surface area (Å²) in [6.45, 7) is 13.2. The second kappa shape index (κ2) is 13.2. The molecule has 4 rings (SSSR count). The lowest BCUT2D eigenvalue weighted by atomic mass is 9.69. The van der Waals surface area contributed by atoms with Gasteiger partial charge in [0.1, 0.15) is 17.9 Å². The average molecular weight is 643 g/mol. The van der Waals surface area contributed by atoms with Crippen LogP contribution < -0.4 is 5.32 Å². The molecule has 1 spiro atoms. The van der Waals surface area contributed by atoms with Gasteiger partial charge in [0.2, 0.25) is 0 Å². The van der Waals surface area contributed by atoms with E-state index < -0.39 is 11.6 Å². The summed E-state index contributed by atoms with van der Waals surface area (Å²) in [6.07, 6.45) is 5.06. The first-order valence-corrected chi connectivity index (χ1v) is 16.1. The van der Waals surface area contributed by atoms with Crippen molar-refractivity contribution in [3.8, 4) is 0 Å². The van der Waals surface area contributed by atoms with Crippen molar-refractivity contribution >= 4 is 46.7 Å². The number of aliphatic imine (C=N–C) groups is 1. The minimum absolute atomic E-state index is 0.0377. The molecular weight excluding hydrogens is 597 g/mol. The quantitative estimate of drug-likeness (QED) is 0.296. The van der Waals surface area contributed by atoms with Gasteiger partial charge >= 0.3 is 5.97 Å². The van der Waals surface area contributed by atoms with E-state index in [0.29, 0.717) is 32.8 Å². The maximum atomic E-state index is 14.6. The van der Waals surface area contributed by atoms with Crippen molar-refractivity contribution in [1.29, 1.82) is 0 Å². The summed E-state index contributed by atoms with van der Waals surface area (Å²) in [5, 5.41) is 3.50. The fraction of sp³-hybridized carbons (Fsp3) is 0.543. The van der Waals surface area contributed by atoms with E-state index >= 15 is 0 Å². The zero-order valence-electron chi connectivity index (χ0n) is 26.9. The van der Waals surface area contributed by atoms with Crippen LogP contribution in [-0.4, -0.2) is 47.7 Å². The molecule has 44 heavy (non-hydrogen) atoms. The van der Waals surface area contributed by atoms with Crippen molar-refractivity contribution in [2.45, 2.75) is 91.8 Å². The van der Waals surface area contributed by atoms with Crippen molar-refractivity contribution in [1.82, 2.24) is 10.2 Å². The zero-order chi connectivity index (χ0) is 32.4. The predicted molar refractivity (Wildman–Crippen MR) is 176 cm³/mol. The van der Waals surface area contributed by atoms with Crippen molar-refractivity contribution in [2.75, 3.05) is 13.7 Å². The van der Waals surface area contributed by atoms with Gasteiger partial charge in [-0.2, -0.15) is 0 Å². The number of ether oxygens (including phenoxy) is 1. The van der Waals surface area contributed by atoms with Gasteiger partial charge < -0.3 is 15.0 Å². The highest BCUT2D eigenvalue weighted by Gasteiger charge is 2.52. The maximum Gasteiger partial charge on any atom is 0.325 e. The molecule has 2 aromatic carbocycles. The monoisotopic (exact) mass is 641 g/mol. The number of carbonyl (C=O) groups excluding carboxylic acids is 3. The number of esters is 1. The molecule has 1 aliphatic heterocycles. The number of hydrogen-bond acceptors (Lipinski definition) is 5. The van der Waals surface area contributed by atoms with Crippen LogP contribution in [0.2, 0.25) is 10.0 Å². The molecule has 1 aliphatic carbocycles. The Morgan fingerprint density at radius 3 is 2.14 bits per heavy atom. The molecule has 2 aliphatic rings. The van der Waals surface area contributed by atoms with Gasteiger partial charge in [0.25, 0.3) is 11.8 Å². The van der Waals surface area contributed by atoms with E-state index in [-0.39, 0.29) is 35.2 Å². The van der Waals surface area contributed by atoms with Crippen LogP contribution in [-0.2, 0) is 14.3 Å². The molecule has 0 saturated heterocycles. The van der Waals surface area contributed by atoms with E-state index in [0.717, 1.165) is 44.1 Å². The molecule has 1 N–H and O–H groups in total. The summed E-state index contributed by atoms with van der Waals surface area (Å²) < 4.78 is 4.63. The minimum Gasteiger partial charge on any atom is -0.468 e. The molecule has 2 amide bonds. The van der Waals surface area contributed by atoms with E-state index in [4.69, 9.17) is 28.2 Å². The highest BCUT2D eigenvalue weighted by atomic mass is 35.5. The Kier molecular flexibility index (Phi) is 10.2. The minimum atomic E-state index is -0.692. The van der Waals surface area contributed by atoms with E-state index in [1.165, 1.54) is 7.11 Å². The number of nitrogens with zero attached hydrogens (tertiary/aromatic N) is 2. The molecule has 2 aromatic rings. The number of rotatable bonds is 8. The van der Waals surface area contributed by atoms with Gasteiger partial charge in [-0.3, -0.25) is 19.4 Å². The van der Waals surface area contributed by atoms with E-state index in [2.05, 4.69) is 51.6 Å².